The van der Waals surface area contributed by atoms with Crippen molar-refractivity contribution in [2.45, 2.75) is 13.0 Å². The van der Waals surface area contributed by atoms with Gasteiger partial charge in [0.2, 0.25) is 5.91 Å². The van der Waals surface area contributed by atoms with Crippen LogP contribution in [0.2, 0.25) is 0 Å². The number of aromatic hydroxyl groups is 1. The van der Waals surface area contributed by atoms with E-state index in [1.165, 1.54) is 6.08 Å². The topological polar surface area (TPSA) is 95.6 Å². The number of amides is 1. The summed E-state index contributed by atoms with van der Waals surface area (Å²) in [7, 11) is 0. The van der Waals surface area contributed by atoms with Crippen LogP contribution >= 0.6 is 0 Å². The first-order valence-corrected chi connectivity index (χ1v) is 8.69. The van der Waals surface area contributed by atoms with Crippen LogP contribution in [0.3, 0.4) is 0 Å². The van der Waals surface area contributed by atoms with E-state index in [2.05, 4.69) is 5.32 Å². The third kappa shape index (κ3) is 4.10. The highest BCUT2D eigenvalue weighted by Crippen LogP contribution is 2.33. The van der Waals surface area contributed by atoms with Crippen molar-refractivity contribution < 1.29 is 15.0 Å². The molecule has 0 fully saturated rings. The number of phenols is 1. The van der Waals surface area contributed by atoms with Crippen LogP contribution in [0.1, 0.15) is 18.6 Å². The number of phenolic OH excluding ortho intramolecular Hbond substituents is 1. The molecule has 5 N–H and O–H groups in total. The third-order valence-corrected chi connectivity index (χ3v) is 4.52. The molecule has 138 valence electrons. The van der Waals surface area contributed by atoms with E-state index in [1.54, 1.807) is 48.5 Å². The standard InChI is InChI=1S/C22H22N2O3/c1-14(10-13-21(26)24-19-9-5-4-8-18(19)23)22(27)17-11-12-20(25)16-7-3-2-6-15(16)17/h2-14,22,25,27H,23H2,1H3,(H,24,26)/b13-10+/t14-,22-/m0/s1. The number of nitrogen functional groups attached to an aromatic ring is 1. The van der Waals surface area contributed by atoms with Crippen LogP contribution in [-0.4, -0.2) is 16.1 Å². The van der Waals surface area contributed by atoms with Crippen LogP contribution in [0.5, 0.6) is 5.75 Å². The number of anilines is 2. The predicted molar refractivity (Wildman–Crippen MR) is 108 cm³/mol. The summed E-state index contributed by atoms with van der Waals surface area (Å²) in [6.45, 7) is 1.83. The number of para-hydroxylation sites is 2. The number of rotatable bonds is 5. The summed E-state index contributed by atoms with van der Waals surface area (Å²) in [5.74, 6) is -0.455. The van der Waals surface area contributed by atoms with Crippen LogP contribution in [0.25, 0.3) is 10.8 Å². The third-order valence-electron chi connectivity index (χ3n) is 4.52. The van der Waals surface area contributed by atoms with Gasteiger partial charge in [-0.2, -0.15) is 0 Å². The predicted octanol–water partition coefficient (Wildman–Crippen LogP) is 3.99. The SMILES string of the molecule is C[C@@H](/C=C/C(=O)Nc1ccccc1N)[C@H](O)c1ccc(O)c2ccccc12. The molecule has 27 heavy (non-hydrogen) atoms. The van der Waals surface area contributed by atoms with Gasteiger partial charge >= 0.3 is 0 Å². The van der Waals surface area contributed by atoms with Crippen molar-refractivity contribution in [3.05, 3.63) is 78.4 Å². The lowest BCUT2D eigenvalue weighted by molar-refractivity contribution is -0.111. The lowest BCUT2D eigenvalue weighted by Crippen LogP contribution is -2.12. The maximum absolute atomic E-state index is 12.1. The minimum absolute atomic E-state index is 0.171. The van der Waals surface area contributed by atoms with Crippen LogP contribution in [0, 0.1) is 5.92 Å². The van der Waals surface area contributed by atoms with E-state index in [9.17, 15) is 15.0 Å². The van der Waals surface area contributed by atoms with Gasteiger partial charge in [0.25, 0.3) is 0 Å². The Morgan fingerprint density at radius 2 is 1.70 bits per heavy atom. The van der Waals surface area contributed by atoms with E-state index in [0.717, 1.165) is 5.39 Å². The Hall–Kier alpha value is -3.31. The fourth-order valence-corrected chi connectivity index (χ4v) is 2.98. The molecule has 0 radical (unpaired) electrons. The summed E-state index contributed by atoms with van der Waals surface area (Å²) in [6, 6.07) is 17.6. The van der Waals surface area contributed by atoms with Gasteiger partial charge in [-0.25, -0.2) is 0 Å². The lowest BCUT2D eigenvalue weighted by atomic mass is 9.92. The molecule has 0 aliphatic heterocycles. The van der Waals surface area contributed by atoms with E-state index in [0.29, 0.717) is 22.3 Å². The summed E-state index contributed by atoms with van der Waals surface area (Å²) in [5.41, 5.74) is 7.55. The second kappa shape index (κ2) is 7.93. The van der Waals surface area contributed by atoms with Gasteiger partial charge in [0.1, 0.15) is 5.75 Å². The van der Waals surface area contributed by atoms with Crippen molar-refractivity contribution in [3.8, 4) is 5.75 Å². The van der Waals surface area contributed by atoms with Gasteiger partial charge in [-0.05, 0) is 35.2 Å². The molecule has 1 amide bonds. The Morgan fingerprint density at radius 3 is 2.44 bits per heavy atom. The number of aliphatic hydroxyl groups excluding tert-OH is 1. The first-order valence-electron chi connectivity index (χ1n) is 8.69. The number of aliphatic hydroxyl groups is 1. The molecule has 0 aliphatic carbocycles. The molecule has 3 aromatic rings. The number of hydrogen-bond donors (Lipinski definition) is 4. The first-order chi connectivity index (χ1) is 13.0. The van der Waals surface area contributed by atoms with Gasteiger partial charge in [-0.15, -0.1) is 0 Å². The number of nitrogens with one attached hydrogen (secondary N) is 1. The maximum atomic E-state index is 12.1. The molecule has 0 aliphatic rings. The van der Waals surface area contributed by atoms with Crippen molar-refractivity contribution in [2.75, 3.05) is 11.1 Å². The molecular formula is C22H22N2O3. The molecule has 0 unspecified atom stereocenters. The summed E-state index contributed by atoms with van der Waals surface area (Å²) >= 11 is 0. The van der Waals surface area contributed by atoms with Gasteiger partial charge in [-0.3, -0.25) is 4.79 Å². The highest BCUT2D eigenvalue weighted by atomic mass is 16.3. The van der Waals surface area contributed by atoms with Gasteiger partial charge in [0, 0.05) is 11.3 Å². The fourth-order valence-electron chi connectivity index (χ4n) is 2.98. The Balaban J connectivity index is 1.75. The number of carbonyl (C=O) groups is 1. The fraction of sp³-hybridized carbons (Fsp3) is 0.136. The highest BCUT2D eigenvalue weighted by Gasteiger charge is 2.18. The van der Waals surface area contributed by atoms with Crippen molar-refractivity contribution in [3.63, 3.8) is 0 Å². The monoisotopic (exact) mass is 362 g/mol. The van der Waals surface area contributed by atoms with E-state index in [1.807, 2.05) is 25.1 Å². The molecule has 2 atom stereocenters. The Morgan fingerprint density at radius 1 is 1.04 bits per heavy atom. The zero-order valence-corrected chi connectivity index (χ0v) is 15.0. The number of benzene rings is 3. The van der Waals surface area contributed by atoms with Crippen LogP contribution in [0.15, 0.2) is 72.8 Å². The molecule has 0 saturated carbocycles. The van der Waals surface area contributed by atoms with E-state index in [4.69, 9.17) is 5.73 Å². The molecular weight excluding hydrogens is 340 g/mol. The average molecular weight is 362 g/mol. The second-order valence-electron chi connectivity index (χ2n) is 6.46. The normalized spacial score (nSPS) is 13.6. The largest absolute Gasteiger partial charge is 0.507 e. The highest BCUT2D eigenvalue weighted by molar-refractivity contribution is 6.01. The van der Waals surface area contributed by atoms with Gasteiger partial charge < -0.3 is 21.3 Å². The van der Waals surface area contributed by atoms with Gasteiger partial charge in [-0.1, -0.05) is 55.5 Å². The molecule has 0 heterocycles. The number of hydrogen-bond acceptors (Lipinski definition) is 4. The molecule has 0 aromatic heterocycles. The van der Waals surface area contributed by atoms with Gasteiger partial charge in [0.15, 0.2) is 0 Å². The zero-order valence-electron chi connectivity index (χ0n) is 15.0. The zero-order chi connectivity index (χ0) is 19.4. The van der Waals surface area contributed by atoms with E-state index < -0.39 is 6.10 Å². The van der Waals surface area contributed by atoms with Crippen LogP contribution < -0.4 is 11.1 Å². The Bertz CT molecular complexity index is 998. The molecule has 3 aromatic carbocycles. The lowest BCUT2D eigenvalue weighted by Gasteiger charge is -2.18. The Kier molecular flexibility index (Phi) is 5.43. The Labute approximate surface area is 157 Å². The first kappa shape index (κ1) is 18.5. The number of carbonyl (C=O) groups excluding carboxylic acids is 1. The number of nitrogens with two attached hydrogens (primary N) is 1. The maximum Gasteiger partial charge on any atom is 0.248 e. The van der Waals surface area contributed by atoms with Crippen LogP contribution in [-0.2, 0) is 4.79 Å². The summed E-state index contributed by atoms with van der Waals surface area (Å²) in [4.78, 5) is 12.1. The average Bonchev–Trinajstić information content (AvgIpc) is 2.68. The summed E-state index contributed by atoms with van der Waals surface area (Å²) in [5, 5.41) is 24.9. The molecule has 5 heteroatoms. The molecule has 3 rings (SSSR count). The van der Waals surface area contributed by atoms with Crippen molar-refractivity contribution in [1.82, 2.24) is 0 Å². The van der Waals surface area contributed by atoms with Crippen molar-refractivity contribution in [1.29, 1.82) is 0 Å². The quantitative estimate of drug-likeness (QED) is 0.408. The minimum atomic E-state index is -0.818. The van der Waals surface area contributed by atoms with E-state index in [-0.39, 0.29) is 17.6 Å². The molecule has 0 spiro atoms. The summed E-state index contributed by atoms with van der Waals surface area (Å²) < 4.78 is 0. The summed E-state index contributed by atoms with van der Waals surface area (Å²) in [6.07, 6.45) is 2.23. The van der Waals surface area contributed by atoms with Crippen molar-refractivity contribution in [2.24, 2.45) is 5.92 Å². The van der Waals surface area contributed by atoms with Crippen molar-refractivity contribution >= 4 is 28.1 Å². The molecule has 0 bridgehead atoms. The molecule has 5 nitrogen and oxygen atoms in total. The van der Waals surface area contributed by atoms with E-state index >= 15 is 0 Å². The minimum Gasteiger partial charge on any atom is -0.507 e. The van der Waals surface area contributed by atoms with Gasteiger partial charge in [0.05, 0.1) is 17.5 Å². The second-order valence-corrected chi connectivity index (χ2v) is 6.46. The van der Waals surface area contributed by atoms with Crippen LogP contribution in [0.4, 0.5) is 11.4 Å². The molecule has 0 saturated heterocycles. The number of fused-ring (bicyclic) bond motifs is 1. The smallest absolute Gasteiger partial charge is 0.248 e.